The predicted octanol–water partition coefficient (Wildman–Crippen LogP) is 3.30. The highest BCUT2D eigenvalue weighted by atomic mass is 16.4. The van der Waals surface area contributed by atoms with E-state index in [2.05, 4.69) is 25.9 Å². The van der Waals surface area contributed by atoms with Gasteiger partial charge in [0, 0.05) is 5.92 Å². The van der Waals surface area contributed by atoms with Crippen molar-refractivity contribution >= 4 is 5.71 Å². The van der Waals surface area contributed by atoms with E-state index in [9.17, 15) is 0 Å². The molecule has 0 aromatic carbocycles. The van der Waals surface area contributed by atoms with Gasteiger partial charge in [-0.05, 0) is 42.9 Å². The Morgan fingerprint density at radius 3 is 2.36 bits per heavy atom. The summed E-state index contributed by atoms with van der Waals surface area (Å²) in [5.41, 5.74) is 1.82. The fraction of sp³-hybridized carbons (Fsp3) is 0.917. The number of hydrogen-bond donors (Lipinski definition) is 1. The van der Waals surface area contributed by atoms with Gasteiger partial charge in [-0.25, -0.2) is 0 Å². The third kappa shape index (κ3) is 0.999. The summed E-state index contributed by atoms with van der Waals surface area (Å²) < 4.78 is 0. The van der Waals surface area contributed by atoms with Crippen LogP contribution in [-0.2, 0) is 0 Å². The molecule has 0 spiro atoms. The molecule has 1 N–H and O–H groups in total. The minimum Gasteiger partial charge on any atom is -0.411 e. The first-order chi connectivity index (χ1) is 6.42. The molecule has 0 aromatic heterocycles. The van der Waals surface area contributed by atoms with Gasteiger partial charge in [-0.3, -0.25) is 0 Å². The Hall–Kier alpha value is -0.530. The lowest BCUT2D eigenvalue weighted by atomic mass is 9.71. The molecule has 2 aliphatic rings. The SMILES string of the molecule is C/C(=N\O)[C@H]1C[C@@]2(C)CC[C@@H]1C2(C)C. The van der Waals surface area contributed by atoms with E-state index in [0.29, 0.717) is 16.7 Å². The molecule has 3 atom stereocenters. The molecule has 0 aromatic rings. The van der Waals surface area contributed by atoms with Crippen molar-refractivity contribution in [2.75, 3.05) is 0 Å². The minimum atomic E-state index is 0.420. The van der Waals surface area contributed by atoms with Crippen molar-refractivity contribution in [3.8, 4) is 0 Å². The number of oxime groups is 1. The van der Waals surface area contributed by atoms with Gasteiger partial charge in [0.25, 0.3) is 0 Å². The summed E-state index contributed by atoms with van der Waals surface area (Å²) in [6.45, 7) is 9.13. The zero-order chi connectivity index (χ0) is 10.6. The summed E-state index contributed by atoms with van der Waals surface area (Å²) in [7, 11) is 0. The molecule has 14 heavy (non-hydrogen) atoms. The summed E-state index contributed by atoms with van der Waals surface area (Å²) in [5, 5.41) is 12.3. The van der Waals surface area contributed by atoms with Gasteiger partial charge in [0.15, 0.2) is 0 Å². The molecule has 2 fully saturated rings. The molecular weight excluding hydrogens is 174 g/mol. The smallest absolute Gasteiger partial charge is 0.0574 e. The van der Waals surface area contributed by atoms with Crippen molar-refractivity contribution in [2.45, 2.75) is 47.0 Å². The van der Waals surface area contributed by atoms with Crippen molar-refractivity contribution in [2.24, 2.45) is 27.8 Å². The van der Waals surface area contributed by atoms with Crippen LogP contribution in [0, 0.1) is 22.7 Å². The fourth-order valence-electron chi connectivity index (χ4n) is 3.81. The first-order valence-electron chi connectivity index (χ1n) is 5.61. The molecule has 0 amide bonds. The molecule has 0 aliphatic heterocycles. The highest BCUT2D eigenvalue weighted by molar-refractivity contribution is 5.84. The lowest BCUT2D eigenvalue weighted by Gasteiger charge is -2.34. The second kappa shape index (κ2) is 2.74. The Kier molecular flexibility index (Phi) is 1.96. The third-order valence-electron chi connectivity index (χ3n) is 5.34. The standard InChI is InChI=1S/C12H21NO/c1-8(13-14)9-7-12(4)6-5-10(9)11(12,2)3/h9-10,14H,5-7H2,1-4H3/b13-8+/t9-,10+,12-/m1/s1. The molecular formula is C12H21NO. The van der Waals surface area contributed by atoms with E-state index in [0.717, 1.165) is 11.6 Å². The molecule has 0 unspecified atom stereocenters. The number of fused-ring (bicyclic) bond motifs is 2. The third-order valence-corrected chi connectivity index (χ3v) is 5.34. The molecule has 2 saturated carbocycles. The van der Waals surface area contributed by atoms with E-state index in [4.69, 9.17) is 5.21 Å². The molecule has 80 valence electrons. The van der Waals surface area contributed by atoms with Crippen LogP contribution in [-0.4, -0.2) is 10.9 Å². The van der Waals surface area contributed by atoms with E-state index >= 15 is 0 Å². The van der Waals surface area contributed by atoms with Crippen LogP contribution >= 0.6 is 0 Å². The molecule has 2 nitrogen and oxygen atoms in total. The average molecular weight is 195 g/mol. The number of nitrogens with zero attached hydrogens (tertiary/aromatic N) is 1. The molecule has 2 heteroatoms. The van der Waals surface area contributed by atoms with Crippen LogP contribution in [0.5, 0.6) is 0 Å². The molecule has 0 heterocycles. The van der Waals surface area contributed by atoms with Gasteiger partial charge in [0.1, 0.15) is 0 Å². The van der Waals surface area contributed by atoms with Crippen LogP contribution in [0.15, 0.2) is 5.16 Å². The monoisotopic (exact) mass is 195 g/mol. The number of hydrogen-bond acceptors (Lipinski definition) is 2. The zero-order valence-corrected chi connectivity index (χ0v) is 9.67. The second-order valence-corrected chi connectivity index (χ2v) is 5.98. The zero-order valence-electron chi connectivity index (χ0n) is 9.67. The summed E-state index contributed by atoms with van der Waals surface area (Å²) in [6.07, 6.45) is 3.86. The van der Waals surface area contributed by atoms with Crippen molar-refractivity contribution in [1.82, 2.24) is 0 Å². The maximum Gasteiger partial charge on any atom is 0.0574 e. The van der Waals surface area contributed by atoms with Crippen LogP contribution in [0.3, 0.4) is 0 Å². The number of rotatable bonds is 1. The van der Waals surface area contributed by atoms with Gasteiger partial charge in [-0.15, -0.1) is 0 Å². The average Bonchev–Trinajstić information content (AvgIpc) is 2.47. The largest absolute Gasteiger partial charge is 0.411 e. The van der Waals surface area contributed by atoms with Crippen LogP contribution in [0.1, 0.15) is 47.0 Å². The molecule has 0 radical (unpaired) electrons. The fourth-order valence-corrected chi connectivity index (χ4v) is 3.81. The van der Waals surface area contributed by atoms with Crippen LogP contribution in [0.2, 0.25) is 0 Å². The van der Waals surface area contributed by atoms with Crippen LogP contribution < -0.4 is 0 Å². The summed E-state index contributed by atoms with van der Waals surface area (Å²) >= 11 is 0. The summed E-state index contributed by atoms with van der Waals surface area (Å²) in [4.78, 5) is 0. The maximum absolute atomic E-state index is 8.87. The highest BCUT2D eigenvalue weighted by Crippen LogP contribution is 2.67. The van der Waals surface area contributed by atoms with Crippen LogP contribution in [0.4, 0.5) is 0 Å². The van der Waals surface area contributed by atoms with Crippen molar-refractivity contribution in [3.05, 3.63) is 0 Å². The Balaban J connectivity index is 2.32. The predicted molar refractivity (Wildman–Crippen MR) is 57.6 cm³/mol. The quantitative estimate of drug-likeness (QED) is 0.388. The Labute approximate surface area is 86.4 Å². The van der Waals surface area contributed by atoms with Gasteiger partial charge in [0.05, 0.1) is 5.71 Å². The summed E-state index contributed by atoms with van der Waals surface area (Å²) in [5.74, 6) is 1.25. The van der Waals surface area contributed by atoms with Gasteiger partial charge in [-0.1, -0.05) is 25.9 Å². The molecule has 2 rings (SSSR count). The van der Waals surface area contributed by atoms with Crippen molar-refractivity contribution in [1.29, 1.82) is 0 Å². The van der Waals surface area contributed by atoms with Gasteiger partial charge in [-0.2, -0.15) is 0 Å². The molecule has 0 saturated heterocycles. The van der Waals surface area contributed by atoms with E-state index in [-0.39, 0.29) is 0 Å². The lowest BCUT2D eigenvalue weighted by Crippen LogP contribution is -2.26. The van der Waals surface area contributed by atoms with E-state index < -0.39 is 0 Å². The lowest BCUT2D eigenvalue weighted by molar-refractivity contribution is 0.152. The van der Waals surface area contributed by atoms with E-state index in [1.165, 1.54) is 19.3 Å². The Morgan fingerprint density at radius 1 is 1.36 bits per heavy atom. The second-order valence-electron chi connectivity index (χ2n) is 5.98. The molecule has 2 bridgehead atoms. The van der Waals surface area contributed by atoms with E-state index in [1.807, 2.05) is 6.92 Å². The maximum atomic E-state index is 8.87. The van der Waals surface area contributed by atoms with Gasteiger partial charge in [0.2, 0.25) is 0 Å². The van der Waals surface area contributed by atoms with Gasteiger partial charge >= 0.3 is 0 Å². The normalized spacial score (nSPS) is 45.9. The van der Waals surface area contributed by atoms with Crippen LogP contribution in [0.25, 0.3) is 0 Å². The summed E-state index contributed by atoms with van der Waals surface area (Å²) in [6, 6.07) is 0. The van der Waals surface area contributed by atoms with Crippen molar-refractivity contribution in [3.63, 3.8) is 0 Å². The highest BCUT2D eigenvalue weighted by Gasteiger charge is 2.60. The Morgan fingerprint density at radius 2 is 2.00 bits per heavy atom. The first kappa shape index (κ1) is 10.0. The van der Waals surface area contributed by atoms with Crippen molar-refractivity contribution < 1.29 is 5.21 Å². The molecule has 2 aliphatic carbocycles. The first-order valence-corrected chi connectivity index (χ1v) is 5.61. The van der Waals surface area contributed by atoms with E-state index in [1.54, 1.807) is 0 Å². The van der Waals surface area contributed by atoms with Gasteiger partial charge < -0.3 is 5.21 Å². The topological polar surface area (TPSA) is 32.6 Å². The Bertz CT molecular complexity index is 279. The minimum absolute atomic E-state index is 0.420.